The molecule has 3 aromatic rings. The zero-order valence-electron chi connectivity index (χ0n) is 19.0. The highest BCUT2D eigenvalue weighted by molar-refractivity contribution is 5.75. The van der Waals surface area contributed by atoms with E-state index < -0.39 is 0 Å². The van der Waals surface area contributed by atoms with Crippen LogP contribution in [-0.2, 0) is 6.61 Å². The van der Waals surface area contributed by atoms with Gasteiger partial charge in [-0.15, -0.1) is 0 Å². The number of rotatable bonds is 11. The molecule has 0 amide bonds. The lowest BCUT2D eigenvalue weighted by Gasteiger charge is -2.11. The van der Waals surface area contributed by atoms with Crippen molar-refractivity contribution in [1.29, 1.82) is 0 Å². The maximum absolute atomic E-state index is 9.14. The SMILES string of the molecule is CCCOc1ccc(OCCC)c(/C=C/c2ccc(/C=C/c3ccc(CO)cc3)cc2)c1. The van der Waals surface area contributed by atoms with Crippen LogP contribution >= 0.6 is 0 Å². The Kier molecular flexibility index (Phi) is 9.15. The second-order valence-corrected chi connectivity index (χ2v) is 7.63. The summed E-state index contributed by atoms with van der Waals surface area (Å²) in [5.41, 5.74) is 5.30. The van der Waals surface area contributed by atoms with E-state index in [-0.39, 0.29) is 6.61 Å². The van der Waals surface area contributed by atoms with E-state index in [1.54, 1.807) is 0 Å². The van der Waals surface area contributed by atoms with E-state index in [1.165, 1.54) is 0 Å². The lowest BCUT2D eigenvalue weighted by Crippen LogP contribution is -1.99. The highest BCUT2D eigenvalue weighted by atomic mass is 16.5. The average molecular weight is 429 g/mol. The van der Waals surface area contributed by atoms with Crippen LogP contribution < -0.4 is 9.47 Å². The Bertz CT molecular complexity index is 1020. The lowest BCUT2D eigenvalue weighted by molar-refractivity contribution is 0.282. The van der Waals surface area contributed by atoms with Crippen molar-refractivity contribution in [2.45, 2.75) is 33.3 Å². The molecule has 3 nitrogen and oxygen atoms in total. The Balaban J connectivity index is 1.70. The molecule has 0 saturated carbocycles. The molecular formula is C29H32O3. The Morgan fingerprint density at radius 2 is 1.19 bits per heavy atom. The molecule has 0 aliphatic heterocycles. The van der Waals surface area contributed by atoms with Crippen molar-refractivity contribution in [1.82, 2.24) is 0 Å². The second-order valence-electron chi connectivity index (χ2n) is 7.63. The van der Waals surface area contributed by atoms with Gasteiger partial charge in [0.2, 0.25) is 0 Å². The zero-order chi connectivity index (χ0) is 22.6. The first kappa shape index (κ1) is 23.4. The quantitative estimate of drug-likeness (QED) is 0.331. The summed E-state index contributed by atoms with van der Waals surface area (Å²) in [5.74, 6) is 1.74. The predicted molar refractivity (Wildman–Crippen MR) is 135 cm³/mol. The molecule has 0 aliphatic rings. The maximum atomic E-state index is 9.14. The van der Waals surface area contributed by atoms with Crippen LogP contribution in [0.4, 0.5) is 0 Å². The molecule has 0 saturated heterocycles. The summed E-state index contributed by atoms with van der Waals surface area (Å²) in [7, 11) is 0. The van der Waals surface area contributed by atoms with E-state index >= 15 is 0 Å². The second kappa shape index (κ2) is 12.5. The molecule has 0 spiro atoms. The van der Waals surface area contributed by atoms with Gasteiger partial charge in [-0.3, -0.25) is 0 Å². The summed E-state index contributed by atoms with van der Waals surface area (Å²) in [6, 6.07) is 22.3. The fraction of sp³-hybridized carbons (Fsp3) is 0.241. The number of ether oxygens (including phenoxy) is 2. The first-order valence-corrected chi connectivity index (χ1v) is 11.3. The van der Waals surface area contributed by atoms with Crippen LogP contribution in [-0.4, -0.2) is 18.3 Å². The van der Waals surface area contributed by atoms with Crippen molar-refractivity contribution in [3.05, 3.63) is 94.5 Å². The third-order valence-corrected chi connectivity index (χ3v) is 4.94. The van der Waals surface area contributed by atoms with Gasteiger partial charge >= 0.3 is 0 Å². The average Bonchev–Trinajstić information content (AvgIpc) is 2.85. The molecule has 0 unspecified atom stereocenters. The minimum absolute atomic E-state index is 0.0707. The largest absolute Gasteiger partial charge is 0.494 e. The minimum Gasteiger partial charge on any atom is -0.494 e. The summed E-state index contributed by atoms with van der Waals surface area (Å²) in [6.45, 7) is 5.68. The monoisotopic (exact) mass is 428 g/mol. The van der Waals surface area contributed by atoms with Gasteiger partial charge in [0.1, 0.15) is 11.5 Å². The lowest BCUT2D eigenvalue weighted by atomic mass is 10.1. The molecule has 166 valence electrons. The Morgan fingerprint density at radius 3 is 1.75 bits per heavy atom. The smallest absolute Gasteiger partial charge is 0.126 e. The third-order valence-electron chi connectivity index (χ3n) is 4.94. The van der Waals surface area contributed by atoms with Gasteiger partial charge in [-0.1, -0.05) is 86.7 Å². The molecule has 0 heterocycles. The van der Waals surface area contributed by atoms with Crippen molar-refractivity contribution < 1.29 is 14.6 Å². The molecule has 0 fully saturated rings. The summed E-state index contributed by atoms with van der Waals surface area (Å²) in [4.78, 5) is 0. The normalized spacial score (nSPS) is 11.3. The van der Waals surface area contributed by atoms with Crippen LogP contribution in [0.1, 0.15) is 54.5 Å². The summed E-state index contributed by atoms with van der Waals surface area (Å²) in [6.07, 6.45) is 10.3. The highest BCUT2D eigenvalue weighted by Crippen LogP contribution is 2.27. The van der Waals surface area contributed by atoms with Crippen molar-refractivity contribution in [3.8, 4) is 11.5 Å². The van der Waals surface area contributed by atoms with Crippen molar-refractivity contribution in [3.63, 3.8) is 0 Å². The summed E-state index contributed by atoms with van der Waals surface area (Å²) >= 11 is 0. The van der Waals surface area contributed by atoms with Crippen LogP contribution in [0.25, 0.3) is 24.3 Å². The number of aliphatic hydroxyl groups is 1. The van der Waals surface area contributed by atoms with Gasteiger partial charge in [0.05, 0.1) is 19.8 Å². The van der Waals surface area contributed by atoms with E-state index in [9.17, 15) is 0 Å². The van der Waals surface area contributed by atoms with Gasteiger partial charge in [-0.2, -0.15) is 0 Å². The van der Waals surface area contributed by atoms with Gasteiger partial charge in [0, 0.05) is 5.56 Å². The van der Waals surface area contributed by atoms with Crippen molar-refractivity contribution in [2.24, 2.45) is 0 Å². The zero-order valence-corrected chi connectivity index (χ0v) is 19.0. The maximum Gasteiger partial charge on any atom is 0.126 e. The molecular weight excluding hydrogens is 396 g/mol. The first-order chi connectivity index (χ1) is 15.7. The van der Waals surface area contributed by atoms with Gasteiger partial charge in [0.15, 0.2) is 0 Å². The van der Waals surface area contributed by atoms with Gasteiger partial charge in [-0.25, -0.2) is 0 Å². The molecule has 0 bridgehead atoms. The van der Waals surface area contributed by atoms with Crippen molar-refractivity contribution >= 4 is 24.3 Å². The molecule has 0 aliphatic carbocycles. The predicted octanol–water partition coefficient (Wildman–Crippen LogP) is 7.10. The van der Waals surface area contributed by atoms with Crippen LogP contribution in [0.3, 0.4) is 0 Å². The Labute approximate surface area is 191 Å². The van der Waals surface area contributed by atoms with E-state index in [2.05, 4.69) is 62.4 Å². The number of hydrogen-bond acceptors (Lipinski definition) is 3. The van der Waals surface area contributed by atoms with Crippen LogP contribution in [0, 0.1) is 0 Å². The van der Waals surface area contributed by atoms with Gasteiger partial charge in [-0.05, 0) is 53.3 Å². The summed E-state index contributed by atoms with van der Waals surface area (Å²) in [5, 5.41) is 9.14. The van der Waals surface area contributed by atoms with E-state index in [4.69, 9.17) is 14.6 Å². The molecule has 0 aromatic heterocycles. The van der Waals surface area contributed by atoms with Crippen LogP contribution in [0.5, 0.6) is 11.5 Å². The molecule has 32 heavy (non-hydrogen) atoms. The summed E-state index contributed by atoms with van der Waals surface area (Å²) < 4.78 is 11.7. The topological polar surface area (TPSA) is 38.7 Å². The molecule has 1 N–H and O–H groups in total. The Morgan fingerprint density at radius 1 is 0.656 bits per heavy atom. The molecule has 0 radical (unpaired) electrons. The van der Waals surface area contributed by atoms with E-state index in [0.717, 1.165) is 52.2 Å². The van der Waals surface area contributed by atoms with Crippen molar-refractivity contribution in [2.75, 3.05) is 13.2 Å². The molecule has 0 atom stereocenters. The number of aliphatic hydroxyl groups excluding tert-OH is 1. The first-order valence-electron chi connectivity index (χ1n) is 11.3. The minimum atomic E-state index is 0.0707. The molecule has 3 rings (SSSR count). The fourth-order valence-electron chi connectivity index (χ4n) is 3.14. The highest BCUT2D eigenvalue weighted by Gasteiger charge is 2.04. The molecule has 3 heteroatoms. The van der Waals surface area contributed by atoms with Crippen LogP contribution in [0.2, 0.25) is 0 Å². The van der Waals surface area contributed by atoms with Gasteiger partial charge < -0.3 is 14.6 Å². The Hall–Kier alpha value is -3.30. The number of benzene rings is 3. The fourth-order valence-corrected chi connectivity index (χ4v) is 3.14. The number of hydrogen-bond donors (Lipinski definition) is 1. The van der Waals surface area contributed by atoms with E-state index in [1.807, 2.05) is 42.5 Å². The third kappa shape index (κ3) is 7.14. The van der Waals surface area contributed by atoms with Crippen LogP contribution in [0.15, 0.2) is 66.7 Å². The van der Waals surface area contributed by atoms with E-state index in [0.29, 0.717) is 13.2 Å². The molecule has 3 aromatic carbocycles. The standard InChI is InChI=1S/C29H32O3/c1-3-19-31-28-17-18-29(32-20-4-2)27(21-28)16-15-25-9-7-23(8-10-25)5-6-24-11-13-26(22-30)14-12-24/h5-18,21,30H,3-4,19-20,22H2,1-2H3/b6-5+,16-15+. The van der Waals surface area contributed by atoms with Gasteiger partial charge in [0.25, 0.3) is 0 Å².